The quantitative estimate of drug-likeness (QED) is 0.445. The SMILES string of the molecule is C/C(=N\Nc1cc(N2CCOCC2)c2nc(CN3CCOCC3)n(C)c2n1)c1cccc(C)c1. The Hall–Kier alpha value is -3.01. The van der Waals surface area contributed by atoms with Gasteiger partial charge < -0.3 is 18.9 Å². The maximum Gasteiger partial charge on any atom is 0.164 e. The van der Waals surface area contributed by atoms with E-state index < -0.39 is 0 Å². The van der Waals surface area contributed by atoms with Crippen LogP contribution in [0.15, 0.2) is 35.4 Å². The lowest BCUT2D eigenvalue weighted by molar-refractivity contribution is 0.0327. The zero-order chi connectivity index (χ0) is 23.5. The second-order valence-corrected chi connectivity index (χ2v) is 8.95. The molecule has 1 aromatic carbocycles. The number of anilines is 2. The van der Waals surface area contributed by atoms with Gasteiger partial charge in [0.05, 0.1) is 44.4 Å². The number of imidazole rings is 1. The third kappa shape index (κ3) is 4.91. The molecule has 0 amide bonds. The van der Waals surface area contributed by atoms with Crippen molar-refractivity contribution in [3.05, 3.63) is 47.3 Å². The van der Waals surface area contributed by atoms with Crippen molar-refractivity contribution >= 4 is 28.4 Å². The lowest BCUT2D eigenvalue weighted by Crippen LogP contribution is -2.36. The van der Waals surface area contributed by atoms with E-state index in [-0.39, 0.29) is 0 Å². The highest BCUT2D eigenvalue weighted by Crippen LogP contribution is 2.30. The molecule has 2 aliphatic heterocycles. The molecule has 2 aliphatic rings. The van der Waals surface area contributed by atoms with E-state index in [0.717, 1.165) is 79.9 Å². The topological polar surface area (TPSA) is 80.0 Å². The highest BCUT2D eigenvalue weighted by atomic mass is 16.5. The number of hydrazone groups is 1. The van der Waals surface area contributed by atoms with Crippen LogP contribution in [0.4, 0.5) is 11.5 Å². The number of hydrogen-bond acceptors (Lipinski definition) is 8. The lowest BCUT2D eigenvalue weighted by Gasteiger charge is -2.29. The van der Waals surface area contributed by atoms with E-state index in [4.69, 9.17) is 19.4 Å². The molecule has 4 heterocycles. The van der Waals surface area contributed by atoms with E-state index in [1.54, 1.807) is 0 Å². The number of benzene rings is 1. The van der Waals surface area contributed by atoms with Gasteiger partial charge in [0.25, 0.3) is 0 Å². The van der Waals surface area contributed by atoms with Gasteiger partial charge in [0.2, 0.25) is 0 Å². The first-order chi connectivity index (χ1) is 16.6. The second kappa shape index (κ2) is 10.1. The summed E-state index contributed by atoms with van der Waals surface area (Å²) in [7, 11) is 2.05. The maximum atomic E-state index is 5.59. The summed E-state index contributed by atoms with van der Waals surface area (Å²) in [6.07, 6.45) is 0. The summed E-state index contributed by atoms with van der Waals surface area (Å²) in [6.45, 7) is 11.4. The number of aryl methyl sites for hydroxylation is 2. The predicted molar refractivity (Wildman–Crippen MR) is 135 cm³/mol. The van der Waals surface area contributed by atoms with Gasteiger partial charge in [0.15, 0.2) is 11.5 Å². The molecule has 0 aliphatic carbocycles. The largest absolute Gasteiger partial charge is 0.379 e. The molecule has 2 saturated heterocycles. The summed E-state index contributed by atoms with van der Waals surface area (Å²) in [6, 6.07) is 10.4. The number of nitrogens with zero attached hydrogens (tertiary/aromatic N) is 6. The van der Waals surface area contributed by atoms with E-state index >= 15 is 0 Å². The summed E-state index contributed by atoms with van der Waals surface area (Å²) >= 11 is 0. The van der Waals surface area contributed by atoms with Crippen LogP contribution in [-0.2, 0) is 23.1 Å². The molecule has 2 fully saturated rings. The molecule has 0 unspecified atom stereocenters. The fraction of sp³-hybridized carbons (Fsp3) is 0.480. The molecule has 0 atom stereocenters. The van der Waals surface area contributed by atoms with Gasteiger partial charge >= 0.3 is 0 Å². The monoisotopic (exact) mass is 463 g/mol. The summed E-state index contributed by atoms with van der Waals surface area (Å²) in [5.74, 6) is 1.72. The lowest BCUT2D eigenvalue weighted by atomic mass is 10.1. The van der Waals surface area contributed by atoms with Crippen molar-refractivity contribution in [2.45, 2.75) is 20.4 Å². The van der Waals surface area contributed by atoms with Crippen molar-refractivity contribution < 1.29 is 9.47 Å². The van der Waals surface area contributed by atoms with Crippen molar-refractivity contribution in [1.82, 2.24) is 19.4 Å². The first-order valence-corrected chi connectivity index (χ1v) is 11.9. The number of fused-ring (bicyclic) bond motifs is 1. The van der Waals surface area contributed by atoms with E-state index in [0.29, 0.717) is 19.0 Å². The first-order valence-electron chi connectivity index (χ1n) is 11.9. The molecular formula is C25H33N7O2. The summed E-state index contributed by atoms with van der Waals surface area (Å²) < 4.78 is 13.2. The fourth-order valence-corrected chi connectivity index (χ4v) is 4.46. The van der Waals surface area contributed by atoms with Crippen LogP contribution in [-0.4, -0.2) is 77.8 Å². The van der Waals surface area contributed by atoms with Gasteiger partial charge in [-0.05, 0) is 19.4 Å². The van der Waals surface area contributed by atoms with E-state index in [1.165, 1.54) is 5.56 Å². The standard InChI is InChI=1S/C25H33N7O2/c1-18-5-4-6-20(15-18)19(2)28-29-22-16-21(32-9-13-34-14-10-32)24-25(26-22)30(3)23(27-24)17-31-7-11-33-12-8-31/h4-6,15-16H,7-14,17H2,1-3H3,(H,26,29)/b28-19+. The number of morpholine rings is 2. The minimum atomic E-state index is 0.710. The van der Waals surface area contributed by atoms with Crippen molar-refractivity contribution in [3.8, 4) is 0 Å². The van der Waals surface area contributed by atoms with E-state index in [2.05, 4.69) is 62.1 Å². The number of hydrogen-bond donors (Lipinski definition) is 1. The van der Waals surface area contributed by atoms with Crippen LogP contribution in [0.2, 0.25) is 0 Å². The highest BCUT2D eigenvalue weighted by Gasteiger charge is 2.22. The Bertz CT molecular complexity index is 1180. The van der Waals surface area contributed by atoms with Gasteiger partial charge in [-0.3, -0.25) is 10.3 Å². The smallest absolute Gasteiger partial charge is 0.164 e. The van der Waals surface area contributed by atoms with Crippen LogP contribution in [0.3, 0.4) is 0 Å². The number of pyridine rings is 1. The zero-order valence-electron chi connectivity index (χ0n) is 20.3. The molecule has 0 spiro atoms. The van der Waals surface area contributed by atoms with E-state index in [9.17, 15) is 0 Å². The van der Waals surface area contributed by atoms with Crippen molar-refractivity contribution in [3.63, 3.8) is 0 Å². The predicted octanol–water partition coefficient (Wildman–Crippen LogP) is 2.78. The summed E-state index contributed by atoms with van der Waals surface area (Å²) in [4.78, 5) is 14.7. The van der Waals surface area contributed by atoms with Crippen LogP contribution in [0, 0.1) is 6.92 Å². The van der Waals surface area contributed by atoms with Crippen molar-refractivity contribution in [1.29, 1.82) is 0 Å². The molecule has 0 saturated carbocycles. The minimum absolute atomic E-state index is 0.710. The molecule has 0 radical (unpaired) electrons. The Morgan fingerprint density at radius 2 is 1.76 bits per heavy atom. The molecule has 1 N–H and O–H groups in total. The Morgan fingerprint density at radius 3 is 2.50 bits per heavy atom. The Balaban J connectivity index is 1.49. The molecular weight excluding hydrogens is 430 g/mol. The van der Waals surface area contributed by atoms with Gasteiger partial charge in [0.1, 0.15) is 11.3 Å². The van der Waals surface area contributed by atoms with Crippen LogP contribution >= 0.6 is 0 Å². The molecule has 2 aromatic heterocycles. The second-order valence-electron chi connectivity index (χ2n) is 8.95. The fourth-order valence-electron chi connectivity index (χ4n) is 4.46. The molecule has 34 heavy (non-hydrogen) atoms. The van der Waals surface area contributed by atoms with Crippen LogP contribution < -0.4 is 10.3 Å². The maximum absolute atomic E-state index is 5.59. The number of ether oxygens (including phenoxy) is 2. The van der Waals surface area contributed by atoms with Crippen LogP contribution in [0.1, 0.15) is 23.9 Å². The summed E-state index contributed by atoms with van der Waals surface area (Å²) in [5, 5.41) is 4.64. The van der Waals surface area contributed by atoms with Gasteiger partial charge in [-0.15, -0.1) is 0 Å². The van der Waals surface area contributed by atoms with Crippen molar-refractivity contribution in [2.75, 3.05) is 62.9 Å². The summed E-state index contributed by atoms with van der Waals surface area (Å²) in [5.41, 5.74) is 9.28. The third-order valence-electron chi connectivity index (χ3n) is 6.49. The zero-order valence-corrected chi connectivity index (χ0v) is 20.3. The molecule has 0 bridgehead atoms. The Kier molecular flexibility index (Phi) is 6.75. The first kappa shape index (κ1) is 22.8. The highest BCUT2D eigenvalue weighted by molar-refractivity contribution is 5.99. The molecule has 9 nitrogen and oxygen atoms in total. The molecule has 5 rings (SSSR count). The Labute approximate surface area is 200 Å². The van der Waals surface area contributed by atoms with Gasteiger partial charge in [-0.2, -0.15) is 5.10 Å². The average Bonchev–Trinajstić information content (AvgIpc) is 3.18. The number of rotatable bonds is 6. The molecule has 180 valence electrons. The van der Waals surface area contributed by atoms with Gasteiger partial charge in [-0.25, -0.2) is 9.97 Å². The van der Waals surface area contributed by atoms with Gasteiger partial charge in [-0.1, -0.05) is 29.8 Å². The normalized spacial score (nSPS) is 18.0. The van der Waals surface area contributed by atoms with Crippen molar-refractivity contribution in [2.24, 2.45) is 12.1 Å². The minimum Gasteiger partial charge on any atom is -0.379 e. The number of aromatic nitrogens is 3. The molecule has 9 heteroatoms. The Morgan fingerprint density at radius 1 is 1.03 bits per heavy atom. The average molecular weight is 464 g/mol. The third-order valence-corrected chi connectivity index (χ3v) is 6.49. The molecule has 3 aromatic rings. The van der Waals surface area contributed by atoms with Gasteiger partial charge in [0, 0.05) is 39.3 Å². The van der Waals surface area contributed by atoms with Crippen LogP contribution in [0.5, 0.6) is 0 Å². The number of nitrogens with one attached hydrogen (secondary N) is 1. The van der Waals surface area contributed by atoms with E-state index in [1.807, 2.05) is 14.0 Å². The van der Waals surface area contributed by atoms with Crippen LogP contribution in [0.25, 0.3) is 11.2 Å².